The SMILES string of the molecule is CCNC(C)(CCCN(C)C1CCCCC1C)C(=O)OC. The molecule has 1 rings (SSSR count). The number of hydrogen-bond donors (Lipinski definition) is 1. The Hall–Kier alpha value is -0.610. The number of carbonyl (C=O) groups is 1. The lowest BCUT2D eigenvalue weighted by molar-refractivity contribution is -0.148. The van der Waals surface area contributed by atoms with Gasteiger partial charge in [-0.2, -0.15) is 0 Å². The molecule has 0 aromatic rings. The second-order valence-electron chi connectivity index (χ2n) is 6.77. The predicted molar refractivity (Wildman–Crippen MR) is 87.4 cm³/mol. The minimum atomic E-state index is -0.553. The zero-order valence-corrected chi connectivity index (χ0v) is 14.6. The Bertz CT molecular complexity index is 322. The van der Waals surface area contributed by atoms with Gasteiger partial charge in [-0.15, -0.1) is 0 Å². The Morgan fingerprint density at radius 2 is 2.05 bits per heavy atom. The third-order valence-corrected chi connectivity index (χ3v) is 5.02. The van der Waals surface area contributed by atoms with Crippen LogP contribution in [0, 0.1) is 5.92 Å². The molecule has 124 valence electrons. The largest absolute Gasteiger partial charge is 0.468 e. The molecule has 0 aliphatic heterocycles. The van der Waals surface area contributed by atoms with Gasteiger partial charge in [0.15, 0.2) is 0 Å². The van der Waals surface area contributed by atoms with Crippen molar-refractivity contribution in [2.75, 3.05) is 27.2 Å². The number of hydrogen-bond acceptors (Lipinski definition) is 4. The summed E-state index contributed by atoms with van der Waals surface area (Å²) in [6, 6.07) is 0.710. The number of likely N-dealkylation sites (N-methyl/N-ethyl adjacent to an activating group) is 1. The Labute approximate surface area is 130 Å². The van der Waals surface area contributed by atoms with Crippen LogP contribution in [0.15, 0.2) is 0 Å². The van der Waals surface area contributed by atoms with Crippen LogP contribution in [0.5, 0.6) is 0 Å². The van der Waals surface area contributed by atoms with Gasteiger partial charge in [-0.1, -0.05) is 26.7 Å². The summed E-state index contributed by atoms with van der Waals surface area (Å²) < 4.78 is 4.94. The maximum absolute atomic E-state index is 12.0. The zero-order chi connectivity index (χ0) is 15.9. The van der Waals surface area contributed by atoms with E-state index in [2.05, 4.69) is 24.2 Å². The van der Waals surface area contributed by atoms with E-state index in [0.717, 1.165) is 31.8 Å². The zero-order valence-electron chi connectivity index (χ0n) is 14.6. The molecule has 4 heteroatoms. The molecule has 0 heterocycles. The van der Waals surface area contributed by atoms with Gasteiger partial charge in [0.25, 0.3) is 0 Å². The van der Waals surface area contributed by atoms with Crippen molar-refractivity contribution in [3.05, 3.63) is 0 Å². The first-order valence-electron chi connectivity index (χ1n) is 8.48. The number of carbonyl (C=O) groups excluding carboxylic acids is 1. The third kappa shape index (κ3) is 5.26. The maximum Gasteiger partial charge on any atom is 0.325 e. The van der Waals surface area contributed by atoms with Crippen LogP contribution in [-0.2, 0) is 9.53 Å². The van der Waals surface area contributed by atoms with Gasteiger partial charge in [-0.25, -0.2) is 0 Å². The molecule has 1 aliphatic rings. The molecule has 0 aromatic carbocycles. The van der Waals surface area contributed by atoms with Gasteiger partial charge >= 0.3 is 5.97 Å². The summed E-state index contributed by atoms with van der Waals surface area (Å²) in [5.41, 5.74) is -0.553. The van der Waals surface area contributed by atoms with Gasteiger partial charge in [0, 0.05) is 6.04 Å². The summed E-state index contributed by atoms with van der Waals surface area (Å²) in [6.45, 7) is 8.17. The van der Waals surface area contributed by atoms with Crippen molar-refractivity contribution in [1.29, 1.82) is 0 Å². The Kier molecular flexibility index (Phi) is 7.67. The van der Waals surface area contributed by atoms with Crippen LogP contribution in [0.4, 0.5) is 0 Å². The highest BCUT2D eigenvalue weighted by atomic mass is 16.5. The summed E-state index contributed by atoms with van der Waals surface area (Å²) in [5, 5.41) is 3.28. The average Bonchev–Trinajstić information content (AvgIpc) is 2.47. The minimum absolute atomic E-state index is 0.155. The Balaban J connectivity index is 2.44. The Morgan fingerprint density at radius 1 is 1.38 bits per heavy atom. The van der Waals surface area contributed by atoms with Crippen LogP contribution in [0.25, 0.3) is 0 Å². The van der Waals surface area contributed by atoms with Crippen LogP contribution < -0.4 is 5.32 Å². The highest BCUT2D eigenvalue weighted by molar-refractivity contribution is 5.80. The van der Waals surface area contributed by atoms with E-state index in [-0.39, 0.29) is 5.97 Å². The monoisotopic (exact) mass is 298 g/mol. The van der Waals surface area contributed by atoms with Crippen LogP contribution in [0.2, 0.25) is 0 Å². The molecule has 0 aromatic heterocycles. The molecule has 0 radical (unpaired) electrons. The predicted octanol–water partition coefficient (Wildman–Crippen LogP) is 2.82. The molecule has 4 nitrogen and oxygen atoms in total. The molecular formula is C17H34N2O2. The van der Waals surface area contributed by atoms with E-state index in [4.69, 9.17) is 4.74 Å². The van der Waals surface area contributed by atoms with Crippen LogP contribution in [0.1, 0.15) is 59.3 Å². The van der Waals surface area contributed by atoms with Crippen molar-refractivity contribution >= 4 is 5.97 Å². The van der Waals surface area contributed by atoms with Crippen molar-refractivity contribution in [3.8, 4) is 0 Å². The number of nitrogens with zero attached hydrogens (tertiary/aromatic N) is 1. The van der Waals surface area contributed by atoms with E-state index in [1.165, 1.54) is 32.8 Å². The van der Waals surface area contributed by atoms with Crippen molar-refractivity contribution in [1.82, 2.24) is 10.2 Å². The van der Waals surface area contributed by atoms with Gasteiger partial charge in [0.2, 0.25) is 0 Å². The first-order valence-corrected chi connectivity index (χ1v) is 8.48. The van der Waals surface area contributed by atoms with Gasteiger partial charge in [-0.3, -0.25) is 4.79 Å². The fourth-order valence-corrected chi connectivity index (χ4v) is 3.68. The summed E-state index contributed by atoms with van der Waals surface area (Å²) >= 11 is 0. The molecule has 1 N–H and O–H groups in total. The molecule has 0 spiro atoms. The van der Waals surface area contributed by atoms with Gasteiger partial charge in [-0.05, 0) is 58.7 Å². The minimum Gasteiger partial charge on any atom is -0.468 e. The third-order valence-electron chi connectivity index (χ3n) is 5.02. The molecule has 0 saturated heterocycles. The van der Waals surface area contributed by atoms with E-state index in [0.29, 0.717) is 6.04 Å². The number of nitrogens with one attached hydrogen (secondary N) is 1. The second-order valence-corrected chi connectivity index (χ2v) is 6.77. The van der Waals surface area contributed by atoms with Gasteiger partial charge < -0.3 is 15.0 Å². The quantitative estimate of drug-likeness (QED) is 0.700. The van der Waals surface area contributed by atoms with E-state index < -0.39 is 5.54 Å². The standard InChI is InChI=1S/C17H34N2O2/c1-6-18-17(3,16(20)21-5)12-9-13-19(4)15-11-8-7-10-14(15)2/h14-15,18H,6-13H2,1-5H3. The molecule has 3 atom stereocenters. The van der Waals surface area contributed by atoms with E-state index in [1.807, 2.05) is 13.8 Å². The number of rotatable bonds is 8. The lowest BCUT2D eigenvalue weighted by Crippen LogP contribution is -2.50. The lowest BCUT2D eigenvalue weighted by atomic mass is 9.85. The molecule has 1 saturated carbocycles. The molecular weight excluding hydrogens is 264 g/mol. The molecule has 3 unspecified atom stereocenters. The van der Waals surface area contributed by atoms with E-state index >= 15 is 0 Å². The number of ether oxygens (including phenoxy) is 1. The fourth-order valence-electron chi connectivity index (χ4n) is 3.68. The second kappa shape index (κ2) is 8.74. The lowest BCUT2D eigenvalue weighted by Gasteiger charge is -2.37. The molecule has 0 bridgehead atoms. The number of esters is 1. The van der Waals surface area contributed by atoms with Crippen molar-refractivity contribution < 1.29 is 9.53 Å². The topological polar surface area (TPSA) is 41.6 Å². The Morgan fingerprint density at radius 3 is 2.62 bits per heavy atom. The van der Waals surface area contributed by atoms with E-state index in [1.54, 1.807) is 0 Å². The fraction of sp³-hybridized carbons (Fsp3) is 0.941. The normalized spacial score (nSPS) is 25.6. The summed E-state index contributed by atoms with van der Waals surface area (Å²) in [6.07, 6.45) is 7.24. The van der Waals surface area contributed by atoms with Crippen molar-refractivity contribution in [2.24, 2.45) is 5.92 Å². The smallest absolute Gasteiger partial charge is 0.325 e. The van der Waals surface area contributed by atoms with Gasteiger partial charge in [0.1, 0.15) is 5.54 Å². The van der Waals surface area contributed by atoms with Crippen molar-refractivity contribution in [3.63, 3.8) is 0 Å². The molecule has 21 heavy (non-hydrogen) atoms. The van der Waals surface area contributed by atoms with E-state index in [9.17, 15) is 4.79 Å². The summed E-state index contributed by atoms with van der Waals surface area (Å²) in [4.78, 5) is 14.4. The maximum atomic E-state index is 12.0. The van der Waals surface area contributed by atoms with Crippen LogP contribution in [0.3, 0.4) is 0 Å². The summed E-state index contributed by atoms with van der Waals surface area (Å²) in [5.74, 6) is 0.641. The average molecular weight is 298 g/mol. The highest BCUT2D eigenvalue weighted by Gasteiger charge is 2.33. The number of methoxy groups -OCH3 is 1. The van der Waals surface area contributed by atoms with Crippen molar-refractivity contribution in [2.45, 2.75) is 70.9 Å². The molecule has 1 fully saturated rings. The first-order chi connectivity index (χ1) is 9.94. The van der Waals surface area contributed by atoms with Gasteiger partial charge in [0.05, 0.1) is 7.11 Å². The van der Waals surface area contributed by atoms with Crippen LogP contribution >= 0.6 is 0 Å². The van der Waals surface area contributed by atoms with Crippen LogP contribution in [-0.4, -0.2) is 49.7 Å². The molecule has 0 amide bonds. The first kappa shape index (κ1) is 18.4. The molecule has 1 aliphatic carbocycles. The highest BCUT2D eigenvalue weighted by Crippen LogP contribution is 2.27. The summed E-state index contributed by atoms with van der Waals surface area (Å²) in [7, 11) is 3.70.